The summed E-state index contributed by atoms with van der Waals surface area (Å²) < 4.78 is 5.27. The van der Waals surface area contributed by atoms with Crippen LogP contribution in [-0.2, 0) is 4.74 Å². The molecular weight excluding hydrogens is 126 g/mol. The van der Waals surface area contributed by atoms with E-state index in [9.17, 15) is 0 Å². The summed E-state index contributed by atoms with van der Waals surface area (Å²) in [5, 5.41) is 0. The van der Waals surface area contributed by atoms with Crippen LogP contribution in [0.1, 0.15) is 19.3 Å². The molecule has 2 aliphatic rings. The van der Waals surface area contributed by atoms with Crippen molar-refractivity contribution >= 4 is 0 Å². The molecule has 2 atom stereocenters. The third-order valence-corrected chi connectivity index (χ3v) is 2.76. The maximum absolute atomic E-state index is 5.76. The minimum Gasteiger partial charge on any atom is -0.381 e. The Balaban J connectivity index is 1.81. The molecule has 0 aromatic carbocycles. The van der Waals surface area contributed by atoms with Gasteiger partial charge in [-0.3, -0.25) is 0 Å². The molecule has 1 saturated heterocycles. The van der Waals surface area contributed by atoms with Crippen LogP contribution in [0.5, 0.6) is 0 Å². The molecule has 2 fully saturated rings. The molecule has 2 N–H and O–H groups in total. The van der Waals surface area contributed by atoms with Gasteiger partial charge in [0.25, 0.3) is 0 Å². The topological polar surface area (TPSA) is 35.2 Å². The van der Waals surface area contributed by atoms with E-state index in [4.69, 9.17) is 10.5 Å². The molecule has 0 spiro atoms. The molecule has 0 amide bonds. The van der Waals surface area contributed by atoms with E-state index in [1.54, 1.807) is 0 Å². The van der Waals surface area contributed by atoms with Gasteiger partial charge in [-0.25, -0.2) is 0 Å². The maximum Gasteiger partial charge on any atom is 0.0468 e. The summed E-state index contributed by atoms with van der Waals surface area (Å²) in [5.41, 5.74) is 5.76. The molecule has 10 heavy (non-hydrogen) atoms. The van der Waals surface area contributed by atoms with E-state index in [1.807, 2.05) is 0 Å². The van der Waals surface area contributed by atoms with Crippen LogP contribution in [0.3, 0.4) is 0 Å². The molecule has 1 saturated carbocycles. The van der Waals surface area contributed by atoms with E-state index in [0.29, 0.717) is 6.04 Å². The Hall–Kier alpha value is -0.0800. The number of hydrogen-bond donors (Lipinski definition) is 1. The number of rotatable bonds is 1. The van der Waals surface area contributed by atoms with Crippen molar-refractivity contribution in [3.8, 4) is 0 Å². The Morgan fingerprint density at radius 3 is 2.30 bits per heavy atom. The first-order chi connectivity index (χ1) is 4.88. The second-order valence-electron chi connectivity index (χ2n) is 3.51. The van der Waals surface area contributed by atoms with Crippen molar-refractivity contribution in [2.75, 3.05) is 13.2 Å². The van der Waals surface area contributed by atoms with Crippen LogP contribution in [0.4, 0.5) is 0 Å². The zero-order valence-electron chi connectivity index (χ0n) is 6.25. The molecule has 2 nitrogen and oxygen atoms in total. The highest BCUT2D eigenvalue weighted by molar-refractivity contribution is 4.95. The third kappa shape index (κ3) is 1.18. The van der Waals surface area contributed by atoms with Crippen molar-refractivity contribution in [3.63, 3.8) is 0 Å². The largest absolute Gasteiger partial charge is 0.381 e. The van der Waals surface area contributed by atoms with E-state index < -0.39 is 0 Å². The third-order valence-electron chi connectivity index (χ3n) is 2.76. The van der Waals surface area contributed by atoms with E-state index in [0.717, 1.165) is 25.0 Å². The number of nitrogens with two attached hydrogens (primary N) is 1. The van der Waals surface area contributed by atoms with Crippen LogP contribution in [0, 0.1) is 11.8 Å². The predicted octanol–water partition coefficient (Wildman–Crippen LogP) is 0.760. The first-order valence-corrected chi connectivity index (χ1v) is 4.21. The standard InChI is InChI=1S/C8H15NO/c9-8-5-7(8)6-1-3-10-4-2-6/h6-8H,1-5,9H2/t7-,8+/m0/s1. The minimum atomic E-state index is 0.531. The van der Waals surface area contributed by atoms with Crippen molar-refractivity contribution in [3.05, 3.63) is 0 Å². The average molecular weight is 141 g/mol. The molecule has 1 aliphatic carbocycles. The second-order valence-corrected chi connectivity index (χ2v) is 3.51. The summed E-state index contributed by atoms with van der Waals surface area (Å²) in [6.07, 6.45) is 3.77. The van der Waals surface area contributed by atoms with E-state index in [-0.39, 0.29) is 0 Å². The SMILES string of the molecule is N[C@@H]1C[C@H]1C1CCOCC1. The van der Waals surface area contributed by atoms with Crippen molar-refractivity contribution in [2.24, 2.45) is 17.6 Å². The van der Waals surface area contributed by atoms with Gasteiger partial charge in [0.05, 0.1) is 0 Å². The molecule has 1 heterocycles. The van der Waals surface area contributed by atoms with Crippen molar-refractivity contribution in [2.45, 2.75) is 25.3 Å². The van der Waals surface area contributed by atoms with Crippen molar-refractivity contribution < 1.29 is 4.74 Å². The molecule has 0 aromatic rings. The fraction of sp³-hybridized carbons (Fsp3) is 1.00. The first-order valence-electron chi connectivity index (χ1n) is 4.21. The summed E-state index contributed by atoms with van der Waals surface area (Å²) in [5.74, 6) is 1.74. The summed E-state index contributed by atoms with van der Waals surface area (Å²) in [4.78, 5) is 0. The van der Waals surface area contributed by atoms with E-state index in [1.165, 1.54) is 19.3 Å². The second kappa shape index (κ2) is 2.51. The van der Waals surface area contributed by atoms with Crippen LogP contribution in [0.2, 0.25) is 0 Å². The van der Waals surface area contributed by atoms with Gasteiger partial charge >= 0.3 is 0 Å². The molecule has 0 radical (unpaired) electrons. The van der Waals surface area contributed by atoms with Crippen molar-refractivity contribution in [1.82, 2.24) is 0 Å². The van der Waals surface area contributed by atoms with Gasteiger partial charge in [-0.15, -0.1) is 0 Å². The minimum absolute atomic E-state index is 0.531. The van der Waals surface area contributed by atoms with Crippen LogP contribution >= 0.6 is 0 Å². The lowest BCUT2D eigenvalue weighted by molar-refractivity contribution is 0.0593. The van der Waals surface area contributed by atoms with Gasteiger partial charge in [-0.2, -0.15) is 0 Å². The number of ether oxygens (including phenoxy) is 1. The van der Waals surface area contributed by atoms with E-state index >= 15 is 0 Å². The Bertz CT molecular complexity index is 120. The zero-order chi connectivity index (χ0) is 6.97. The summed E-state index contributed by atoms with van der Waals surface area (Å²) in [7, 11) is 0. The highest BCUT2D eigenvalue weighted by Gasteiger charge is 2.40. The fourth-order valence-electron chi connectivity index (χ4n) is 1.92. The molecule has 0 aromatic heterocycles. The summed E-state index contributed by atoms with van der Waals surface area (Å²) in [6, 6.07) is 0.531. The lowest BCUT2D eigenvalue weighted by Gasteiger charge is -2.21. The van der Waals surface area contributed by atoms with E-state index in [2.05, 4.69) is 0 Å². The molecule has 0 unspecified atom stereocenters. The molecule has 1 aliphatic heterocycles. The van der Waals surface area contributed by atoms with Gasteiger partial charge in [-0.1, -0.05) is 0 Å². The van der Waals surface area contributed by atoms with Gasteiger partial charge < -0.3 is 10.5 Å². The first kappa shape index (κ1) is 6.62. The van der Waals surface area contributed by atoms with Gasteiger partial charge in [-0.05, 0) is 31.1 Å². The van der Waals surface area contributed by atoms with Crippen LogP contribution in [0.25, 0.3) is 0 Å². The van der Waals surface area contributed by atoms with Gasteiger partial charge in [0.2, 0.25) is 0 Å². The van der Waals surface area contributed by atoms with Crippen LogP contribution < -0.4 is 5.73 Å². The zero-order valence-corrected chi connectivity index (χ0v) is 6.25. The van der Waals surface area contributed by atoms with Crippen LogP contribution in [0.15, 0.2) is 0 Å². The Labute approximate surface area is 61.7 Å². The van der Waals surface area contributed by atoms with Gasteiger partial charge in [0.1, 0.15) is 0 Å². The lowest BCUT2D eigenvalue weighted by atomic mass is 9.95. The highest BCUT2D eigenvalue weighted by Crippen LogP contribution is 2.40. The fourth-order valence-corrected chi connectivity index (χ4v) is 1.92. The lowest BCUT2D eigenvalue weighted by Crippen LogP contribution is -2.20. The molecule has 58 valence electrons. The average Bonchev–Trinajstić information content (AvgIpc) is 2.69. The molecule has 2 heteroatoms. The normalized spacial score (nSPS) is 41.7. The number of hydrogen-bond acceptors (Lipinski definition) is 2. The van der Waals surface area contributed by atoms with Crippen LogP contribution in [-0.4, -0.2) is 19.3 Å². The molecule has 0 bridgehead atoms. The maximum atomic E-state index is 5.76. The van der Waals surface area contributed by atoms with Crippen molar-refractivity contribution in [1.29, 1.82) is 0 Å². The monoisotopic (exact) mass is 141 g/mol. The predicted molar refractivity (Wildman–Crippen MR) is 39.6 cm³/mol. The Morgan fingerprint density at radius 2 is 1.80 bits per heavy atom. The van der Waals surface area contributed by atoms with Gasteiger partial charge in [0.15, 0.2) is 0 Å². The molecule has 2 rings (SSSR count). The Kier molecular flexibility index (Phi) is 1.66. The quantitative estimate of drug-likeness (QED) is 0.585. The smallest absolute Gasteiger partial charge is 0.0468 e. The highest BCUT2D eigenvalue weighted by atomic mass is 16.5. The van der Waals surface area contributed by atoms with Gasteiger partial charge in [0, 0.05) is 19.3 Å². The Morgan fingerprint density at radius 1 is 1.20 bits per heavy atom. The summed E-state index contributed by atoms with van der Waals surface area (Å²) >= 11 is 0. The molecular formula is C8H15NO. The summed E-state index contributed by atoms with van der Waals surface area (Å²) in [6.45, 7) is 1.93.